The Morgan fingerprint density at radius 3 is 2.33 bits per heavy atom. The second kappa shape index (κ2) is 9.22. The molecule has 0 saturated carbocycles. The normalized spacial score (nSPS) is 14.4. The van der Waals surface area contributed by atoms with Crippen LogP contribution in [0.3, 0.4) is 0 Å². The van der Waals surface area contributed by atoms with Gasteiger partial charge in [-0.3, -0.25) is 0 Å². The van der Waals surface area contributed by atoms with Gasteiger partial charge in [-0.15, -0.1) is 0 Å². The summed E-state index contributed by atoms with van der Waals surface area (Å²) in [4.78, 5) is 0. The molecule has 2 heteroatoms. The zero-order valence-electron chi connectivity index (χ0n) is 14.7. The minimum absolute atomic E-state index is 0.267. The fourth-order valence-corrected chi connectivity index (χ4v) is 2.78. The maximum Gasteiger partial charge on any atom is 0.0753 e. The summed E-state index contributed by atoms with van der Waals surface area (Å²) in [6.07, 6.45) is 2.45. The molecule has 120 valence electrons. The summed E-state index contributed by atoms with van der Waals surface area (Å²) in [5.41, 5.74) is 4.14. The molecule has 0 saturated heterocycles. The summed E-state index contributed by atoms with van der Waals surface area (Å²) in [6.45, 7) is 15.0. The Hall–Kier alpha value is -0.860. The van der Waals surface area contributed by atoms with E-state index in [1.807, 2.05) is 0 Å². The molecule has 0 aliphatic heterocycles. The number of nitrogens with one attached hydrogen (secondary N) is 1. The van der Waals surface area contributed by atoms with Crippen molar-refractivity contribution in [1.29, 1.82) is 0 Å². The van der Waals surface area contributed by atoms with Crippen molar-refractivity contribution in [3.63, 3.8) is 0 Å². The van der Waals surface area contributed by atoms with Gasteiger partial charge in [0.15, 0.2) is 0 Å². The first-order valence-electron chi connectivity index (χ1n) is 8.40. The van der Waals surface area contributed by atoms with Crippen LogP contribution in [0.4, 0.5) is 0 Å². The maximum atomic E-state index is 6.03. The van der Waals surface area contributed by atoms with Crippen LogP contribution in [0.1, 0.15) is 50.8 Å². The number of aryl methyl sites for hydroxylation is 2. The maximum absolute atomic E-state index is 6.03. The highest BCUT2D eigenvalue weighted by atomic mass is 16.5. The number of hydrogen-bond donors (Lipinski definition) is 1. The van der Waals surface area contributed by atoms with E-state index in [-0.39, 0.29) is 6.10 Å². The molecule has 0 radical (unpaired) electrons. The molecule has 0 fully saturated rings. The van der Waals surface area contributed by atoms with E-state index in [0.717, 1.165) is 26.0 Å². The average Bonchev–Trinajstić information content (AvgIpc) is 2.44. The fourth-order valence-electron chi connectivity index (χ4n) is 2.78. The van der Waals surface area contributed by atoms with Gasteiger partial charge >= 0.3 is 0 Å². The van der Waals surface area contributed by atoms with E-state index < -0.39 is 0 Å². The van der Waals surface area contributed by atoms with Crippen molar-refractivity contribution in [3.8, 4) is 0 Å². The lowest BCUT2D eigenvalue weighted by atomic mass is 9.92. The van der Waals surface area contributed by atoms with Crippen molar-refractivity contribution < 1.29 is 4.74 Å². The van der Waals surface area contributed by atoms with E-state index in [4.69, 9.17) is 4.74 Å². The topological polar surface area (TPSA) is 21.3 Å². The number of benzene rings is 1. The third kappa shape index (κ3) is 5.80. The molecule has 2 atom stereocenters. The fraction of sp³-hybridized carbons (Fsp3) is 0.684. The molecule has 2 nitrogen and oxygen atoms in total. The van der Waals surface area contributed by atoms with Crippen molar-refractivity contribution in [2.45, 2.75) is 66.5 Å². The molecule has 0 bridgehead atoms. The van der Waals surface area contributed by atoms with E-state index in [1.165, 1.54) is 16.7 Å². The van der Waals surface area contributed by atoms with Gasteiger partial charge in [-0.05, 0) is 62.8 Å². The molecule has 0 spiro atoms. The smallest absolute Gasteiger partial charge is 0.0753 e. The molecular formula is C19H33NO. The third-order valence-electron chi connectivity index (χ3n) is 4.10. The second-order valence-corrected chi connectivity index (χ2v) is 6.35. The van der Waals surface area contributed by atoms with Gasteiger partial charge in [0, 0.05) is 12.6 Å². The van der Waals surface area contributed by atoms with Gasteiger partial charge in [0.1, 0.15) is 0 Å². The largest absolute Gasteiger partial charge is 0.377 e. The molecule has 0 aromatic heterocycles. The van der Waals surface area contributed by atoms with E-state index in [9.17, 15) is 0 Å². The summed E-state index contributed by atoms with van der Waals surface area (Å²) in [5.74, 6) is 0.519. The predicted octanol–water partition coefficient (Wildman–Crippen LogP) is 4.28. The van der Waals surface area contributed by atoms with Crippen molar-refractivity contribution in [2.75, 3.05) is 13.2 Å². The number of ether oxygens (including phenoxy) is 1. The first-order chi connectivity index (χ1) is 9.99. The van der Waals surface area contributed by atoms with Gasteiger partial charge in [0.25, 0.3) is 0 Å². The molecule has 1 rings (SSSR count). The Bertz CT molecular complexity index is 414. The predicted molar refractivity (Wildman–Crippen MR) is 92.0 cm³/mol. The molecule has 0 amide bonds. The monoisotopic (exact) mass is 291 g/mol. The van der Waals surface area contributed by atoms with Gasteiger partial charge < -0.3 is 10.1 Å². The van der Waals surface area contributed by atoms with Crippen LogP contribution in [0.5, 0.6) is 0 Å². The van der Waals surface area contributed by atoms with E-state index in [0.29, 0.717) is 12.0 Å². The highest BCUT2D eigenvalue weighted by molar-refractivity contribution is 5.30. The number of rotatable bonds is 9. The Morgan fingerprint density at radius 2 is 1.81 bits per heavy atom. The molecule has 0 aliphatic carbocycles. The van der Waals surface area contributed by atoms with Crippen LogP contribution >= 0.6 is 0 Å². The molecular weight excluding hydrogens is 258 g/mol. The van der Waals surface area contributed by atoms with Crippen LogP contribution in [0.2, 0.25) is 0 Å². The summed E-state index contributed by atoms with van der Waals surface area (Å²) in [7, 11) is 0. The summed E-state index contributed by atoms with van der Waals surface area (Å²) >= 11 is 0. The minimum Gasteiger partial charge on any atom is -0.377 e. The zero-order chi connectivity index (χ0) is 15.8. The lowest BCUT2D eigenvalue weighted by Crippen LogP contribution is -2.46. The lowest BCUT2D eigenvalue weighted by molar-refractivity contribution is 0.00362. The third-order valence-corrected chi connectivity index (χ3v) is 4.10. The average molecular weight is 291 g/mol. The molecule has 1 aromatic rings. The molecule has 2 unspecified atom stereocenters. The van der Waals surface area contributed by atoms with Crippen molar-refractivity contribution in [2.24, 2.45) is 5.92 Å². The highest BCUT2D eigenvalue weighted by Gasteiger charge is 2.24. The van der Waals surface area contributed by atoms with E-state index in [2.05, 4.69) is 65.1 Å². The second-order valence-electron chi connectivity index (χ2n) is 6.35. The Morgan fingerprint density at radius 1 is 1.10 bits per heavy atom. The quantitative estimate of drug-likeness (QED) is 0.733. The van der Waals surface area contributed by atoms with Crippen LogP contribution in [-0.4, -0.2) is 25.3 Å². The highest BCUT2D eigenvalue weighted by Crippen LogP contribution is 2.18. The molecule has 1 aromatic carbocycles. The summed E-state index contributed by atoms with van der Waals surface area (Å²) in [6, 6.07) is 7.19. The molecule has 1 N–H and O–H groups in total. The van der Waals surface area contributed by atoms with Crippen LogP contribution in [-0.2, 0) is 11.2 Å². The SMILES string of the molecule is CCCNC(Cc1ccc(C)c(C)c1)C(OCC)C(C)C. The summed E-state index contributed by atoms with van der Waals surface area (Å²) < 4.78 is 6.03. The van der Waals surface area contributed by atoms with E-state index >= 15 is 0 Å². The van der Waals surface area contributed by atoms with Crippen molar-refractivity contribution >= 4 is 0 Å². The Kier molecular flexibility index (Phi) is 7.98. The van der Waals surface area contributed by atoms with Crippen LogP contribution in [0, 0.1) is 19.8 Å². The Labute approximate surface area is 131 Å². The van der Waals surface area contributed by atoms with Gasteiger partial charge in [0.05, 0.1) is 6.10 Å². The van der Waals surface area contributed by atoms with Crippen LogP contribution in [0.15, 0.2) is 18.2 Å². The van der Waals surface area contributed by atoms with Gasteiger partial charge in [-0.1, -0.05) is 39.0 Å². The number of hydrogen-bond acceptors (Lipinski definition) is 2. The minimum atomic E-state index is 0.267. The van der Waals surface area contributed by atoms with Crippen molar-refractivity contribution in [1.82, 2.24) is 5.32 Å². The molecule has 0 heterocycles. The van der Waals surface area contributed by atoms with Crippen LogP contribution in [0.25, 0.3) is 0 Å². The van der Waals surface area contributed by atoms with Gasteiger partial charge in [-0.25, -0.2) is 0 Å². The Balaban J connectivity index is 2.87. The van der Waals surface area contributed by atoms with E-state index in [1.54, 1.807) is 0 Å². The van der Waals surface area contributed by atoms with Gasteiger partial charge in [0.2, 0.25) is 0 Å². The lowest BCUT2D eigenvalue weighted by Gasteiger charge is -2.31. The summed E-state index contributed by atoms with van der Waals surface area (Å²) in [5, 5.41) is 3.69. The first kappa shape index (κ1) is 18.2. The first-order valence-corrected chi connectivity index (χ1v) is 8.40. The molecule has 0 aliphatic rings. The standard InChI is InChI=1S/C19H33NO/c1-7-11-20-18(19(14(3)4)21-8-2)13-17-10-9-15(5)16(6)12-17/h9-10,12,14,18-20H,7-8,11,13H2,1-6H3. The van der Waals surface area contributed by atoms with Crippen LogP contribution < -0.4 is 5.32 Å². The zero-order valence-corrected chi connectivity index (χ0v) is 14.7. The molecule has 21 heavy (non-hydrogen) atoms. The van der Waals surface area contributed by atoms with Gasteiger partial charge in [-0.2, -0.15) is 0 Å². The van der Waals surface area contributed by atoms with Crippen molar-refractivity contribution in [3.05, 3.63) is 34.9 Å².